The van der Waals surface area contributed by atoms with Crippen LogP contribution in [0.3, 0.4) is 0 Å². The Morgan fingerprint density at radius 1 is 1.32 bits per heavy atom. The summed E-state index contributed by atoms with van der Waals surface area (Å²) in [5.41, 5.74) is 1.05. The highest BCUT2D eigenvalue weighted by molar-refractivity contribution is 5.76. The van der Waals surface area contributed by atoms with Crippen molar-refractivity contribution >= 4 is 5.91 Å². The first-order valence-corrected chi connectivity index (χ1v) is 8.71. The van der Waals surface area contributed by atoms with Crippen LogP contribution in [0.2, 0.25) is 0 Å². The van der Waals surface area contributed by atoms with Crippen molar-refractivity contribution in [1.82, 2.24) is 10.6 Å². The molecule has 1 aromatic rings. The number of aliphatic hydroxyl groups is 1. The van der Waals surface area contributed by atoms with Gasteiger partial charge >= 0.3 is 0 Å². The van der Waals surface area contributed by atoms with Gasteiger partial charge in [0.25, 0.3) is 0 Å². The molecule has 1 fully saturated rings. The minimum absolute atomic E-state index is 0.0158. The van der Waals surface area contributed by atoms with Crippen LogP contribution >= 0.6 is 0 Å². The van der Waals surface area contributed by atoms with Gasteiger partial charge in [-0.15, -0.1) is 0 Å². The number of carbonyl (C=O) groups excluding carboxylic acids is 1. The van der Waals surface area contributed by atoms with E-state index in [0.29, 0.717) is 26.1 Å². The predicted octanol–water partition coefficient (Wildman–Crippen LogP) is 1.47. The van der Waals surface area contributed by atoms with Crippen molar-refractivity contribution in [2.45, 2.75) is 52.0 Å². The van der Waals surface area contributed by atoms with Crippen LogP contribution in [0.15, 0.2) is 24.3 Å². The van der Waals surface area contributed by atoms with Crippen molar-refractivity contribution in [3.63, 3.8) is 0 Å². The summed E-state index contributed by atoms with van der Waals surface area (Å²) in [6, 6.07) is 7.64. The predicted molar refractivity (Wildman–Crippen MR) is 96.5 cm³/mol. The van der Waals surface area contributed by atoms with Crippen LogP contribution in [-0.2, 0) is 16.1 Å². The Bertz CT molecular complexity index is 554. The smallest absolute Gasteiger partial charge is 0.220 e. The summed E-state index contributed by atoms with van der Waals surface area (Å²) in [5, 5.41) is 16.6. The van der Waals surface area contributed by atoms with E-state index in [4.69, 9.17) is 9.47 Å². The molecule has 1 heterocycles. The molecule has 0 spiro atoms. The molecule has 6 nitrogen and oxygen atoms in total. The van der Waals surface area contributed by atoms with Crippen LogP contribution in [0.25, 0.3) is 0 Å². The summed E-state index contributed by atoms with van der Waals surface area (Å²) in [4.78, 5) is 11.9. The molecule has 0 radical (unpaired) electrons. The number of aliphatic hydroxyl groups excluding tert-OH is 1. The van der Waals surface area contributed by atoms with Gasteiger partial charge in [0.15, 0.2) is 0 Å². The van der Waals surface area contributed by atoms with Crippen molar-refractivity contribution in [1.29, 1.82) is 0 Å². The fraction of sp³-hybridized carbons (Fsp3) is 0.632. The zero-order valence-electron chi connectivity index (χ0n) is 15.5. The minimum atomic E-state index is -0.645. The molecule has 1 amide bonds. The Labute approximate surface area is 149 Å². The van der Waals surface area contributed by atoms with Crippen LogP contribution in [-0.4, -0.2) is 49.5 Å². The highest BCUT2D eigenvalue weighted by atomic mass is 16.5. The molecule has 1 saturated heterocycles. The maximum Gasteiger partial charge on any atom is 0.220 e. The molecule has 1 aromatic carbocycles. The Hall–Kier alpha value is -1.63. The number of benzene rings is 1. The Morgan fingerprint density at radius 2 is 2.00 bits per heavy atom. The summed E-state index contributed by atoms with van der Waals surface area (Å²) in [5.74, 6) is 0.803. The summed E-state index contributed by atoms with van der Waals surface area (Å²) < 4.78 is 10.8. The van der Waals surface area contributed by atoms with E-state index < -0.39 is 6.10 Å². The number of hydrogen-bond donors (Lipinski definition) is 3. The van der Waals surface area contributed by atoms with Gasteiger partial charge in [-0.2, -0.15) is 0 Å². The van der Waals surface area contributed by atoms with Gasteiger partial charge in [-0.1, -0.05) is 32.9 Å². The van der Waals surface area contributed by atoms with E-state index in [1.54, 1.807) is 7.11 Å². The highest BCUT2D eigenvalue weighted by Crippen LogP contribution is 2.19. The van der Waals surface area contributed by atoms with E-state index in [1.807, 2.05) is 45.0 Å². The number of methoxy groups -OCH3 is 1. The highest BCUT2D eigenvalue weighted by Gasteiger charge is 2.35. The third kappa shape index (κ3) is 6.30. The maximum atomic E-state index is 11.9. The monoisotopic (exact) mass is 350 g/mol. The lowest BCUT2D eigenvalue weighted by Crippen LogP contribution is -2.44. The average molecular weight is 350 g/mol. The van der Waals surface area contributed by atoms with Gasteiger partial charge in [-0.3, -0.25) is 4.79 Å². The van der Waals surface area contributed by atoms with E-state index in [1.165, 1.54) is 0 Å². The second-order valence-corrected chi connectivity index (χ2v) is 7.74. The molecule has 0 aromatic heterocycles. The zero-order chi connectivity index (χ0) is 18.4. The van der Waals surface area contributed by atoms with Gasteiger partial charge in [0, 0.05) is 19.5 Å². The number of carbonyl (C=O) groups is 1. The van der Waals surface area contributed by atoms with Crippen molar-refractivity contribution in [3.8, 4) is 5.75 Å². The van der Waals surface area contributed by atoms with Gasteiger partial charge in [0.2, 0.25) is 5.91 Å². The third-order valence-electron chi connectivity index (χ3n) is 4.20. The second-order valence-electron chi connectivity index (χ2n) is 7.74. The first-order valence-electron chi connectivity index (χ1n) is 8.71. The fourth-order valence-electron chi connectivity index (χ4n) is 2.79. The standard InChI is InChI=1S/C19H30N2O4/c1-19(2,3)9-17(22)21-11-16-18(23)15(12-25-16)20-10-13-5-7-14(24-4)8-6-13/h5-8,15-16,18,20,23H,9-12H2,1-4H3,(H,21,22)/t15-,16-,18+/m1/s1. The molecule has 3 atom stereocenters. The molecule has 1 aliphatic rings. The van der Waals surface area contributed by atoms with Gasteiger partial charge in [-0.25, -0.2) is 0 Å². The van der Waals surface area contributed by atoms with Gasteiger partial charge in [0.05, 0.1) is 25.9 Å². The zero-order valence-corrected chi connectivity index (χ0v) is 15.5. The van der Waals surface area contributed by atoms with Crippen molar-refractivity contribution < 1.29 is 19.4 Å². The first kappa shape index (κ1) is 19.7. The molecule has 25 heavy (non-hydrogen) atoms. The van der Waals surface area contributed by atoms with Crippen molar-refractivity contribution in [3.05, 3.63) is 29.8 Å². The second kappa shape index (κ2) is 8.65. The lowest BCUT2D eigenvalue weighted by atomic mass is 9.92. The van der Waals surface area contributed by atoms with Crippen LogP contribution in [0, 0.1) is 5.41 Å². The largest absolute Gasteiger partial charge is 0.497 e. The molecule has 0 saturated carbocycles. The topological polar surface area (TPSA) is 79.8 Å². The van der Waals surface area contributed by atoms with E-state index in [-0.39, 0.29) is 23.5 Å². The molecular weight excluding hydrogens is 320 g/mol. The number of ether oxygens (including phenoxy) is 2. The SMILES string of the molecule is COc1ccc(CN[C@@H]2CO[C@H](CNC(=O)CC(C)(C)C)[C@H]2O)cc1. The Morgan fingerprint density at radius 3 is 2.60 bits per heavy atom. The molecule has 0 bridgehead atoms. The van der Waals surface area contributed by atoms with Gasteiger partial charge < -0.3 is 25.2 Å². The molecule has 3 N–H and O–H groups in total. The van der Waals surface area contributed by atoms with E-state index in [9.17, 15) is 9.90 Å². The first-order chi connectivity index (χ1) is 11.8. The quantitative estimate of drug-likeness (QED) is 0.694. The van der Waals surface area contributed by atoms with E-state index >= 15 is 0 Å². The van der Waals surface area contributed by atoms with Crippen LogP contribution < -0.4 is 15.4 Å². The van der Waals surface area contributed by atoms with Crippen molar-refractivity contribution in [2.75, 3.05) is 20.3 Å². The van der Waals surface area contributed by atoms with E-state index in [2.05, 4.69) is 10.6 Å². The lowest BCUT2D eigenvalue weighted by Gasteiger charge is -2.21. The summed E-state index contributed by atoms with van der Waals surface area (Å²) in [6.07, 6.45) is -0.569. The molecule has 0 unspecified atom stereocenters. The Balaban J connectivity index is 1.74. The van der Waals surface area contributed by atoms with Crippen LogP contribution in [0.1, 0.15) is 32.8 Å². The summed E-state index contributed by atoms with van der Waals surface area (Å²) >= 11 is 0. The number of nitrogens with one attached hydrogen (secondary N) is 2. The molecule has 2 rings (SSSR count). The molecule has 6 heteroatoms. The number of hydrogen-bond acceptors (Lipinski definition) is 5. The van der Waals surface area contributed by atoms with Gasteiger partial charge in [0.1, 0.15) is 11.9 Å². The van der Waals surface area contributed by atoms with Crippen molar-refractivity contribution in [2.24, 2.45) is 5.41 Å². The summed E-state index contributed by atoms with van der Waals surface area (Å²) in [6.45, 7) is 7.46. The summed E-state index contributed by atoms with van der Waals surface area (Å²) in [7, 11) is 1.64. The van der Waals surface area contributed by atoms with E-state index in [0.717, 1.165) is 11.3 Å². The van der Waals surface area contributed by atoms with Gasteiger partial charge in [-0.05, 0) is 23.1 Å². The molecule has 140 valence electrons. The number of rotatable bonds is 7. The fourth-order valence-corrected chi connectivity index (χ4v) is 2.79. The molecule has 1 aliphatic heterocycles. The number of amides is 1. The third-order valence-corrected chi connectivity index (χ3v) is 4.20. The Kier molecular flexibility index (Phi) is 6.81. The minimum Gasteiger partial charge on any atom is -0.497 e. The maximum absolute atomic E-state index is 11.9. The average Bonchev–Trinajstić information content (AvgIpc) is 2.90. The van der Waals surface area contributed by atoms with Crippen LogP contribution in [0.5, 0.6) is 5.75 Å². The molecular formula is C19H30N2O4. The lowest BCUT2D eigenvalue weighted by molar-refractivity contribution is -0.123. The normalized spacial score (nSPS) is 23.5. The molecule has 0 aliphatic carbocycles. The van der Waals surface area contributed by atoms with Crippen LogP contribution in [0.4, 0.5) is 0 Å².